The van der Waals surface area contributed by atoms with E-state index in [0.717, 1.165) is 19.4 Å². The van der Waals surface area contributed by atoms with Crippen LogP contribution < -0.4 is 5.32 Å². The fourth-order valence-corrected chi connectivity index (χ4v) is 1.08. The fourth-order valence-electron chi connectivity index (χ4n) is 1.08. The van der Waals surface area contributed by atoms with Crippen LogP contribution in [0.4, 0.5) is 0 Å². The van der Waals surface area contributed by atoms with Crippen LogP contribution in [-0.2, 0) is 0 Å². The Kier molecular flexibility index (Phi) is 6.29. The van der Waals surface area contributed by atoms with Gasteiger partial charge in [-0.05, 0) is 12.8 Å². The van der Waals surface area contributed by atoms with Gasteiger partial charge in [-0.3, -0.25) is 0 Å². The summed E-state index contributed by atoms with van der Waals surface area (Å²) in [4.78, 5) is 0. The lowest BCUT2D eigenvalue weighted by atomic mass is 9.94. The number of aliphatic hydroxyl groups excluding tert-OH is 2. The highest BCUT2D eigenvalue weighted by atomic mass is 16.3. The van der Waals surface area contributed by atoms with Gasteiger partial charge in [0.05, 0.1) is 0 Å². The Bertz CT molecular complexity index is 126. The van der Waals surface area contributed by atoms with E-state index in [1.165, 1.54) is 0 Å². The van der Waals surface area contributed by atoms with E-state index in [9.17, 15) is 0 Å². The molecule has 0 saturated heterocycles. The molecule has 3 heteroatoms. The molecule has 0 aromatic carbocycles. The van der Waals surface area contributed by atoms with Crippen LogP contribution in [0.5, 0.6) is 0 Å². The topological polar surface area (TPSA) is 52.5 Å². The van der Waals surface area contributed by atoms with Crippen molar-refractivity contribution < 1.29 is 10.2 Å². The maximum Gasteiger partial charge on any atom is 0.0494 e. The molecule has 0 saturated carbocycles. The molecule has 1 atom stereocenters. The molecule has 0 aliphatic heterocycles. The molecule has 0 aliphatic carbocycles. The highest BCUT2D eigenvalue weighted by Crippen LogP contribution is 2.12. The van der Waals surface area contributed by atoms with Crippen LogP contribution in [0, 0.1) is 5.41 Å². The highest BCUT2D eigenvalue weighted by Gasteiger charge is 2.17. The molecule has 0 aromatic rings. The normalized spacial score (nSPS) is 14.5. The third-order valence-electron chi connectivity index (χ3n) is 2.27. The van der Waals surface area contributed by atoms with Crippen LogP contribution in [-0.4, -0.2) is 36.0 Å². The lowest BCUT2D eigenvalue weighted by molar-refractivity contribution is 0.149. The Morgan fingerprint density at radius 1 is 1.31 bits per heavy atom. The summed E-state index contributed by atoms with van der Waals surface area (Å²) in [6.07, 6.45) is 1.81. The minimum absolute atomic E-state index is 0.0666. The van der Waals surface area contributed by atoms with Crippen molar-refractivity contribution in [2.45, 2.75) is 39.7 Å². The second-order valence-electron chi connectivity index (χ2n) is 4.32. The molecular weight excluding hydrogens is 166 g/mol. The SMILES string of the molecule is CCC(CCO)NCC(C)(C)CO. The summed E-state index contributed by atoms with van der Waals surface area (Å²) in [6, 6.07) is 0.371. The minimum atomic E-state index is -0.0666. The predicted molar refractivity (Wildman–Crippen MR) is 54.7 cm³/mol. The molecule has 80 valence electrons. The van der Waals surface area contributed by atoms with E-state index in [0.29, 0.717) is 6.04 Å². The van der Waals surface area contributed by atoms with Gasteiger partial charge in [0.1, 0.15) is 0 Å². The van der Waals surface area contributed by atoms with Crippen LogP contribution in [0.2, 0.25) is 0 Å². The molecule has 1 unspecified atom stereocenters. The summed E-state index contributed by atoms with van der Waals surface area (Å²) >= 11 is 0. The average molecular weight is 189 g/mol. The monoisotopic (exact) mass is 189 g/mol. The van der Waals surface area contributed by atoms with Gasteiger partial charge in [-0.25, -0.2) is 0 Å². The fraction of sp³-hybridized carbons (Fsp3) is 1.00. The summed E-state index contributed by atoms with van der Waals surface area (Å²) in [5.41, 5.74) is -0.0666. The Morgan fingerprint density at radius 3 is 2.31 bits per heavy atom. The van der Waals surface area contributed by atoms with Crippen molar-refractivity contribution in [2.75, 3.05) is 19.8 Å². The van der Waals surface area contributed by atoms with E-state index >= 15 is 0 Å². The van der Waals surface area contributed by atoms with Gasteiger partial charge in [-0.15, -0.1) is 0 Å². The van der Waals surface area contributed by atoms with Crippen LogP contribution in [0.3, 0.4) is 0 Å². The Hall–Kier alpha value is -0.120. The molecule has 0 fully saturated rings. The molecule has 0 rings (SSSR count). The first kappa shape index (κ1) is 12.9. The van der Waals surface area contributed by atoms with E-state index in [1.807, 2.05) is 13.8 Å². The molecule has 0 heterocycles. The Morgan fingerprint density at radius 2 is 1.92 bits per heavy atom. The molecule has 3 N–H and O–H groups in total. The minimum Gasteiger partial charge on any atom is -0.396 e. The first-order chi connectivity index (χ1) is 6.05. The first-order valence-corrected chi connectivity index (χ1v) is 5.01. The number of hydrogen-bond donors (Lipinski definition) is 3. The van der Waals surface area contributed by atoms with Crippen molar-refractivity contribution >= 4 is 0 Å². The van der Waals surface area contributed by atoms with E-state index < -0.39 is 0 Å². The van der Waals surface area contributed by atoms with Gasteiger partial charge in [0.2, 0.25) is 0 Å². The third-order valence-corrected chi connectivity index (χ3v) is 2.27. The van der Waals surface area contributed by atoms with Crippen molar-refractivity contribution in [1.29, 1.82) is 0 Å². The maximum atomic E-state index is 9.02. The van der Waals surface area contributed by atoms with Gasteiger partial charge in [-0.1, -0.05) is 20.8 Å². The van der Waals surface area contributed by atoms with Crippen LogP contribution >= 0.6 is 0 Å². The largest absolute Gasteiger partial charge is 0.396 e. The average Bonchev–Trinajstić information content (AvgIpc) is 2.12. The smallest absolute Gasteiger partial charge is 0.0494 e. The molecule has 13 heavy (non-hydrogen) atoms. The number of rotatable bonds is 7. The first-order valence-electron chi connectivity index (χ1n) is 5.01. The van der Waals surface area contributed by atoms with E-state index in [2.05, 4.69) is 12.2 Å². The van der Waals surface area contributed by atoms with Crippen molar-refractivity contribution in [3.8, 4) is 0 Å². The molecule has 0 radical (unpaired) electrons. The predicted octanol–water partition coefficient (Wildman–Crippen LogP) is 0.756. The zero-order valence-electron chi connectivity index (χ0n) is 9.01. The summed E-state index contributed by atoms with van der Waals surface area (Å²) in [5.74, 6) is 0. The summed E-state index contributed by atoms with van der Waals surface area (Å²) < 4.78 is 0. The molecular formula is C10H23NO2. The molecule has 0 aliphatic rings. The highest BCUT2D eigenvalue weighted by molar-refractivity contribution is 4.73. The van der Waals surface area contributed by atoms with Crippen LogP contribution in [0.1, 0.15) is 33.6 Å². The molecule has 0 bridgehead atoms. The maximum absolute atomic E-state index is 9.02. The number of nitrogens with one attached hydrogen (secondary N) is 1. The van der Waals surface area contributed by atoms with Gasteiger partial charge in [0, 0.05) is 31.2 Å². The number of aliphatic hydroxyl groups is 2. The van der Waals surface area contributed by atoms with Gasteiger partial charge in [0.25, 0.3) is 0 Å². The summed E-state index contributed by atoms with van der Waals surface area (Å²) in [6.45, 7) is 7.35. The third kappa shape index (κ3) is 6.02. The van der Waals surface area contributed by atoms with Gasteiger partial charge in [0.15, 0.2) is 0 Å². The molecule has 0 spiro atoms. The van der Waals surface area contributed by atoms with Crippen molar-refractivity contribution in [3.63, 3.8) is 0 Å². The molecule has 0 amide bonds. The number of hydrogen-bond acceptors (Lipinski definition) is 3. The Labute approximate surface area is 81.2 Å². The van der Waals surface area contributed by atoms with E-state index in [1.54, 1.807) is 0 Å². The second-order valence-corrected chi connectivity index (χ2v) is 4.32. The zero-order chi connectivity index (χ0) is 10.3. The molecule has 3 nitrogen and oxygen atoms in total. The zero-order valence-corrected chi connectivity index (χ0v) is 9.01. The summed E-state index contributed by atoms with van der Waals surface area (Å²) in [7, 11) is 0. The summed E-state index contributed by atoms with van der Waals surface area (Å²) in [5, 5.41) is 21.1. The van der Waals surface area contributed by atoms with Crippen LogP contribution in [0.25, 0.3) is 0 Å². The van der Waals surface area contributed by atoms with Gasteiger partial charge < -0.3 is 15.5 Å². The lowest BCUT2D eigenvalue weighted by Crippen LogP contribution is -2.38. The van der Waals surface area contributed by atoms with Crippen molar-refractivity contribution in [3.05, 3.63) is 0 Å². The van der Waals surface area contributed by atoms with Crippen LogP contribution in [0.15, 0.2) is 0 Å². The van der Waals surface area contributed by atoms with E-state index in [-0.39, 0.29) is 18.6 Å². The molecule has 0 aromatic heterocycles. The quantitative estimate of drug-likeness (QED) is 0.554. The van der Waals surface area contributed by atoms with Gasteiger partial charge in [-0.2, -0.15) is 0 Å². The van der Waals surface area contributed by atoms with Gasteiger partial charge >= 0.3 is 0 Å². The second kappa shape index (κ2) is 6.35. The van der Waals surface area contributed by atoms with E-state index in [4.69, 9.17) is 10.2 Å². The standard InChI is InChI=1S/C10H23NO2/c1-4-9(5-6-12)11-7-10(2,3)8-13/h9,11-13H,4-8H2,1-3H3. The van der Waals surface area contributed by atoms with Crippen molar-refractivity contribution in [1.82, 2.24) is 5.32 Å². The Balaban J connectivity index is 3.70. The lowest BCUT2D eigenvalue weighted by Gasteiger charge is -2.25. The van der Waals surface area contributed by atoms with Crippen molar-refractivity contribution in [2.24, 2.45) is 5.41 Å².